The van der Waals surface area contributed by atoms with Crippen LogP contribution in [0.5, 0.6) is 5.75 Å². The van der Waals surface area contributed by atoms with Crippen molar-refractivity contribution in [2.24, 2.45) is 0 Å². The summed E-state index contributed by atoms with van der Waals surface area (Å²) in [4.78, 5) is 4.70. The first-order chi connectivity index (χ1) is 12.3. The molecule has 25 heavy (non-hydrogen) atoms. The molecular formula is C21H23N3O. The molecule has 0 radical (unpaired) electrons. The Balaban J connectivity index is 1.78. The van der Waals surface area contributed by atoms with Gasteiger partial charge in [-0.1, -0.05) is 25.1 Å². The van der Waals surface area contributed by atoms with Gasteiger partial charge in [0.2, 0.25) is 0 Å². The van der Waals surface area contributed by atoms with E-state index in [1.807, 2.05) is 25.1 Å². The second kappa shape index (κ2) is 6.71. The van der Waals surface area contributed by atoms with Crippen LogP contribution in [0.3, 0.4) is 0 Å². The van der Waals surface area contributed by atoms with Gasteiger partial charge in [0.1, 0.15) is 11.4 Å². The molecule has 0 N–H and O–H groups in total. The first-order valence-electron chi connectivity index (χ1n) is 9.03. The topological polar surface area (TPSA) is 39.9 Å². The maximum Gasteiger partial charge on any atom is 0.119 e. The minimum atomic E-state index is 0.751. The van der Waals surface area contributed by atoms with Crippen molar-refractivity contribution in [2.75, 3.05) is 6.61 Å². The van der Waals surface area contributed by atoms with Crippen molar-refractivity contribution < 1.29 is 4.74 Å². The first kappa shape index (κ1) is 15.9. The lowest BCUT2D eigenvalue weighted by Gasteiger charge is -2.08. The van der Waals surface area contributed by atoms with Crippen LogP contribution in [-0.4, -0.2) is 21.4 Å². The lowest BCUT2D eigenvalue weighted by atomic mass is 9.99. The third-order valence-electron chi connectivity index (χ3n) is 4.59. The molecule has 0 saturated heterocycles. The molecule has 1 aromatic carbocycles. The Bertz CT molecular complexity index is 881. The summed E-state index contributed by atoms with van der Waals surface area (Å²) in [6.07, 6.45) is 3.25. The van der Waals surface area contributed by atoms with Crippen LogP contribution in [0.4, 0.5) is 0 Å². The van der Waals surface area contributed by atoms with Crippen LogP contribution in [0.15, 0.2) is 42.5 Å². The highest BCUT2D eigenvalue weighted by Crippen LogP contribution is 2.37. The number of aryl methyl sites for hydroxylation is 2. The highest BCUT2D eigenvalue weighted by atomic mass is 16.5. The van der Waals surface area contributed by atoms with Crippen LogP contribution in [-0.2, 0) is 13.0 Å². The molecular weight excluding hydrogens is 310 g/mol. The maximum atomic E-state index is 5.72. The predicted molar refractivity (Wildman–Crippen MR) is 99.7 cm³/mol. The lowest BCUT2D eigenvalue weighted by Crippen LogP contribution is -1.95. The summed E-state index contributed by atoms with van der Waals surface area (Å²) in [6, 6.07) is 14.5. The van der Waals surface area contributed by atoms with Gasteiger partial charge in [-0.05, 0) is 56.0 Å². The van der Waals surface area contributed by atoms with Gasteiger partial charge in [-0.3, -0.25) is 9.67 Å². The van der Waals surface area contributed by atoms with Crippen molar-refractivity contribution in [1.29, 1.82) is 0 Å². The van der Waals surface area contributed by atoms with Gasteiger partial charge in [0, 0.05) is 23.5 Å². The van der Waals surface area contributed by atoms with Gasteiger partial charge in [-0.25, -0.2) is 0 Å². The molecule has 0 amide bonds. The van der Waals surface area contributed by atoms with Crippen LogP contribution in [0.25, 0.3) is 22.5 Å². The van der Waals surface area contributed by atoms with Crippen LogP contribution >= 0.6 is 0 Å². The zero-order valence-corrected chi connectivity index (χ0v) is 14.8. The third-order valence-corrected chi connectivity index (χ3v) is 4.59. The number of rotatable bonds is 5. The Morgan fingerprint density at radius 3 is 2.72 bits per heavy atom. The summed E-state index contributed by atoms with van der Waals surface area (Å²) in [7, 11) is 0. The van der Waals surface area contributed by atoms with E-state index in [0.717, 1.165) is 55.2 Å². The predicted octanol–water partition coefficient (Wildman–Crippen LogP) is 4.66. The van der Waals surface area contributed by atoms with E-state index in [1.54, 1.807) is 0 Å². The molecule has 1 aliphatic heterocycles. The molecule has 3 heterocycles. The fourth-order valence-electron chi connectivity index (χ4n) is 3.43. The molecule has 0 atom stereocenters. The van der Waals surface area contributed by atoms with Crippen LogP contribution in [0.2, 0.25) is 0 Å². The van der Waals surface area contributed by atoms with E-state index in [4.69, 9.17) is 14.8 Å². The highest BCUT2D eigenvalue weighted by molar-refractivity contribution is 5.82. The molecule has 4 nitrogen and oxygen atoms in total. The molecule has 4 rings (SSSR count). The SMILES string of the molecule is CCCOc1ccc(-c2c(-c3cccc(C)n3)nn3c2CCC3)cc1. The van der Waals surface area contributed by atoms with Crippen molar-refractivity contribution in [3.63, 3.8) is 0 Å². The number of hydrogen-bond donors (Lipinski definition) is 0. The van der Waals surface area contributed by atoms with Gasteiger partial charge in [0.05, 0.1) is 12.3 Å². The van der Waals surface area contributed by atoms with Crippen LogP contribution in [0.1, 0.15) is 31.2 Å². The number of ether oxygens (including phenoxy) is 1. The van der Waals surface area contributed by atoms with Crippen molar-refractivity contribution in [1.82, 2.24) is 14.8 Å². The Kier molecular flexibility index (Phi) is 4.26. The van der Waals surface area contributed by atoms with E-state index in [9.17, 15) is 0 Å². The van der Waals surface area contributed by atoms with Crippen LogP contribution < -0.4 is 4.74 Å². The molecule has 0 fully saturated rings. The maximum absolute atomic E-state index is 5.72. The molecule has 0 saturated carbocycles. The van der Waals surface area contributed by atoms with E-state index in [2.05, 4.69) is 35.9 Å². The van der Waals surface area contributed by atoms with Crippen molar-refractivity contribution in [2.45, 2.75) is 39.7 Å². The summed E-state index contributed by atoms with van der Waals surface area (Å²) in [5.74, 6) is 0.921. The Morgan fingerprint density at radius 2 is 1.96 bits per heavy atom. The van der Waals surface area contributed by atoms with Gasteiger partial charge < -0.3 is 4.74 Å². The van der Waals surface area contributed by atoms with Gasteiger partial charge in [0.15, 0.2) is 0 Å². The largest absolute Gasteiger partial charge is 0.494 e. The normalized spacial score (nSPS) is 13.0. The average molecular weight is 333 g/mol. The minimum absolute atomic E-state index is 0.751. The number of benzene rings is 1. The Hall–Kier alpha value is -2.62. The quantitative estimate of drug-likeness (QED) is 0.682. The van der Waals surface area contributed by atoms with Gasteiger partial charge >= 0.3 is 0 Å². The summed E-state index contributed by atoms with van der Waals surface area (Å²) in [6.45, 7) is 5.88. The molecule has 3 aromatic rings. The van der Waals surface area contributed by atoms with E-state index in [-0.39, 0.29) is 0 Å². The van der Waals surface area contributed by atoms with Crippen molar-refractivity contribution in [3.05, 3.63) is 53.9 Å². The molecule has 0 spiro atoms. The van der Waals surface area contributed by atoms with E-state index >= 15 is 0 Å². The van der Waals surface area contributed by atoms with E-state index < -0.39 is 0 Å². The third kappa shape index (κ3) is 3.04. The van der Waals surface area contributed by atoms with Gasteiger partial charge in [-0.2, -0.15) is 5.10 Å². The number of fused-ring (bicyclic) bond motifs is 1. The molecule has 1 aliphatic rings. The van der Waals surface area contributed by atoms with Crippen molar-refractivity contribution >= 4 is 0 Å². The highest BCUT2D eigenvalue weighted by Gasteiger charge is 2.24. The first-order valence-corrected chi connectivity index (χ1v) is 9.03. The smallest absolute Gasteiger partial charge is 0.119 e. The lowest BCUT2D eigenvalue weighted by molar-refractivity contribution is 0.317. The molecule has 2 aromatic heterocycles. The molecule has 0 unspecified atom stereocenters. The molecule has 0 aliphatic carbocycles. The summed E-state index contributed by atoms with van der Waals surface area (Å²) in [5.41, 5.74) is 6.67. The monoisotopic (exact) mass is 333 g/mol. The number of nitrogens with zero attached hydrogens (tertiary/aromatic N) is 3. The van der Waals surface area contributed by atoms with Gasteiger partial charge in [0.25, 0.3) is 0 Å². The summed E-state index contributed by atoms with van der Waals surface area (Å²) < 4.78 is 7.87. The average Bonchev–Trinajstić information content (AvgIpc) is 3.21. The van der Waals surface area contributed by atoms with Gasteiger partial charge in [-0.15, -0.1) is 0 Å². The van der Waals surface area contributed by atoms with E-state index in [0.29, 0.717) is 0 Å². The summed E-state index contributed by atoms with van der Waals surface area (Å²) >= 11 is 0. The van der Waals surface area contributed by atoms with Crippen LogP contribution in [0, 0.1) is 6.92 Å². The minimum Gasteiger partial charge on any atom is -0.494 e. The second-order valence-electron chi connectivity index (χ2n) is 6.53. The Morgan fingerprint density at radius 1 is 1.12 bits per heavy atom. The Labute approximate surface area is 148 Å². The number of aromatic nitrogens is 3. The standard InChI is InChI=1S/C21H23N3O/c1-3-14-25-17-11-9-16(10-12-17)20-19-8-5-13-24(19)23-21(20)18-7-4-6-15(2)22-18/h4,6-7,9-12H,3,5,8,13-14H2,1-2H3. The second-order valence-corrected chi connectivity index (χ2v) is 6.53. The fourth-order valence-corrected chi connectivity index (χ4v) is 3.43. The van der Waals surface area contributed by atoms with Crippen molar-refractivity contribution in [3.8, 4) is 28.3 Å². The molecule has 4 heteroatoms. The molecule has 0 bridgehead atoms. The van der Waals surface area contributed by atoms with E-state index in [1.165, 1.54) is 16.8 Å². The number of pyridine rings is 1. The fraction of sp³-hybridized carbons (Fsp3) is 0.333. The zero-order valence-electron chi connectivity index (χ0n) is 14.8. The molecule has 128 valence electrons. The number of hydrogen-bond acceptors (Lipinski definition) is 3. The zero-order chi connectivity index (χ0) is 17.2. The summed E-state index contributed by atoms with van der Waals surface area (Å²) in [5, 5.41) is 4.87.